The van der Waals surface area contributed by atoms with E-state index in [1.54, 1.807) is 0 Å². The van der Waals surface area contributed by atoms with Gasteiger partial charge in [0.1, 0.15) is 0 Å². The third kappa shape index (κ3) is 6.27. The zero-order chi connectivity index (χ0) is 12.3. The van der Waals surface area contributed by atoms with Crippen LogP contribution in [0.15, 0.2) is 23.8 Å². The molecule has 0 unspecified atom stereocenters. The molecule has 1 aliphatic carbocycles. The van der Waals surface area contributed by atoms with Crippen molar-refractivity contribution in [3.8, 4) is 0 Å². The molecule has 0 radical (unpaired) electrons. The Kier molecular flexibility index (Phi) is 12.4. The summed E-state index contributed by atoms with van der Waals surface area (Å²) in [6.45, 7) is 13.8. The zero-order valence-corrected chi connectivity index (χ0v) is 11.1. The number of hydrogen-bond acceptors (Lipinski definition) is 1. The first-order valence-corrected chi connectivity index (χ1v) is 6.15. The molecule has 1 rings (SSSR count). The monoisotopic (exact) mass is 209 g/mol. The minimum Gasteiger partial charge on any atom is -0.305 e. The molecule has 0 saturated heterocycles. The third-order valence-electron chi connectivity index (χ3n) is 2.25. The molecule has 0 aliphatic heterocycles. The van der Waals surface area contributed by atoms with Crippen LogP contribution in [0.3, 0.4) is 0 Å². The first kappa shape index (κ1) is 16.6. The first-order valence-electron chi connectivity index (χ1n) is 6.15. The summed E-state index contributed by atoms with van der Waals surface area (Å²) in [6, 6.07) is 0. The number of nitrogens with one attached hydrogen (secondary N) is 1. The molecule has 0 aromatic rings. The van der Waals surface area contributed by atoms with Crippen molar-refractivity contribution in [2.45, 2.75) is 60.3 Å². The topological polar surface area (TPSA) is 23.9 Å². The van der Waals surface area contributed by atoms with Crippen molar-refractivity contribution in [2.24, 2.45) is 0 Å². The van der Waals surface area contributed by atoms with Gasteiger partial charge in [0.25, 0.3) is 0 Å². The molecule has 88 valence electrons. The molecule has 1 aliphatic rings. The van der Waals surface area contributed by atoms with Crippen LogP contribution in [0.25, 0.3) is 0 Å². The van der Waals surface area contributed by atoms with Gasteiger partial charge in [0, 0.05) is 5.71 Å². The predicted octanol–water partition coefficient (Wildman–Crippen LogP) is 5.14. The van der Waals surface area contributed by atoms with E-state index in [0.717, 1.165) is 18.6 Å². The van der Waals surface area contributed by atoms with E-state index in [2.05, 4.69) is 6.58 Å². The van der Waals surface area contributed by atoms with E-state index in [4.69, 9.17) is 5.41 Å². The largest absolute Gasteiger partial charge is 0.305 e. The van der Waals surface area contributed by atoms with Crippen molar-refractivity contribution in [3.63, 3.8) is 0 Å². The summed E-state index contributed by atoms with van der Waals surface area (Å²) in [7, 11) is 0. The van der Waals surface area contributed by atoms with Crippen LogP contribution in [0.4, 0.5) is 0 Å². The number of hydrogen-bond donors (Lipinski definition) is 1. The van der Waals surface area contributed by atoms with Crippen LogP contribution >= 0.6 is 0 Å². The van der Waals surface area contributed by atoms with Gasteiger partial charge in [-0.05, 0) is 43.8 Å². The van der Waals surface area contributed by atoms with Crippen molar-refractivity contribution < 1.29 is 0 Å². The van der Waals surface area contributed by atoms with Crippen LogP contribution in [0, 0.1) is 5.41 Å². The van der Waals surface area contributed by atoms with Gasteiger partial charge in [-0.25, -0.2) is 0 Å². The van der Waals surface area contributed by atoms with Gasteiger partial charge in [-0.1, -0.05) is 40.3 Å². The lowest BCUT2D eigenvalue weighted by molar-refractivity contribution is 0.727. The Morgan fingerprint density at radius 3 is 2.00 bits per heavy atom. The first-order chi connectivity index (χ1) is 7.25. The van der Waals surface area contributed by atoms with Crippen molar-refractivity contribution in [2.75, 3.05) is 0 Å². The second-order valence-electron chi connectivity index (χ2n) is 3.05. The lowest BCUT2D eigenvalue weighted by Gasteiger charge is -2.16. The highest BCUT2D eigenvalue weighted by molar-refractivity contribution is 5.99. The Morgan fingerprint density at radius 1 is 1.13 bits per heavy atom. The Bertz CT molecular complexity index is 211. The summed E-state index contributed by atoms with van der Waals surface area (Å²) in [4.78, 5) is 0. The summed E-state index contributed by atoms with van der Waals surface area (Å²) in [6.07, 6.45) is 6.32. The minimum atomic E-state index is 0.827. The molecule has 0 heterocycles. The summed E-state index contributed by atoms with van der Waals surface area (Å²) in [5.74, 6) is 0. The van der Waals surface area contributed by atoms with E-state index in [-0.39, 0.29) is 0 Å². The summed E-state index contributed by atoms with van der Waals surface area (Å²) in [5, 5.41) is 7.67. The number of allylic oxidation sites excluding steroid dienone is 3. The van der Waals surface area contributed by atoms with E-state index in [1.165, 1.54) is 24.0 Å². The Morgan fingerprint density at radius 2 is 1.60 bits per heavy atom. The average molecular weight is 209 g/mol. The SMILES string of the molecule is C=C/C(C)=C1/CCCCC1=N.CC.CC. The lowest BCUT2D eigenvalue weighted by Crippen LogP contribution is -2.08. The smallest absolute Gasteiger partial charge is 0.0348 e. The maximum Gasteiger partial charge on any atom is 0.0348 e. The van der Waals surface area contributed by atoms with Crippen molar-refractivity contribution in [1.82, 2.24) is 0 Å². The number of rotatable bonds is 1. The Hall–Kier alpha value is -0.850. The highest BCUT2D eigenvalue weighted by atomic mass is 14.4. The minimum absolute atomic E-state index is 0.827. The molecule has 1 saturated carbocycles. The predicted molar refractivity (Wildman–Crippen MR) is 71.8 cm³/mol. The van der Waals surface area contributed by atoms with Crippen LogP contribution in [0.1, 0.15) is 60.3 Å². The molecule has 0 spiro atoms. The van der Waals surface area contributed by atoms with E-state index >= 15 is 0 Å². The molecule has 1 nitrogen and oxygen atoms in total. The second-order valence-corrected chi connectivity index (χ2v) is 3.05. The molecule has 15 heavy (non-hydrogen) atoms. The standard InChI is InChI=1S/C10H15N.2C2H6/c1-3-8(2)9-6-4-5-7-10(9)11;2*1-2/h3,11H,1,4-7H2,2H3;2*1-2H3/b9-8-,11-10?;;. The fraction of sp³-hybridized carbons (Fsp3) is 0.643. The molecule has 0 aromatic carbocycles. The molecule has 0 aromatic heterocycles. The molecule has 0 atom stereocenters. The molecular formula is C14H27N. The quantitative estimate of drug-likeness (QED) is 0.618. The summed E-state index contributed by atoms with van der Waals surface area (Å²) >= 11 is 0. The van der Waals surface area contributed by atoms with E-state index in [0.29, 0.717) is 0 Å². The van der Waals surface area contributed by atoms with E-state index in [9.17, 15) is 0 Å². The summed E-state index contributed by atoms with van der Waals surface area (Å²) in [5.41, 5.74) is 3.25. The van der Waals surface area contributed by atoms with Gasteiger partial charge in [-0.15, -0.1) is 0 Å². The molecule has 1 fully saturated rings. The van der Waals surface area contributed by atoms with Crippen molar-refractivity contribution >= 4 is 5.71 Å². The lowest BCUT2D eigenvalue weighted by atomic mass is 9.90. The average Bonchev–Trinajstić information content (AvgIpc) is 2.34. The normalized spacial score (nSPS) is 17.8. The van der Waals surface area contributed by atoms with Crippen LogP contribution < -0.4 is 0 Å². The summed E-state index contributed by atoms with van der Waals surface area (Å²) < 4.78 is 0. The van der Waals surface area contributed by atoms with Crippen LogP contribution in [0.5, 0.6) is 0 Å². The Labute approximate surface area is 95.8 Å². The third-order valence-corrected chi connectivity index (χ3v) is 2.25. The van der Waals surface area contributed by atoms with Gasteiger partial charge in [0.15, 0.2) is 0 Å². The van der Waals surface area contributed by atoms with Crippen LogP contribution in [-0.2, 0) is 0 Å². The van der Waals surface area contributed by atoms with Crippen molar-refractivity contribution in [3.05, 3.63) is 23.8 Å². The molecule has 1 N–H and O–H groups in total. The molecule has 1 heteroatoms. The molecule has 0 amide bonds. The molecule has 0 bridgehead atoms. The van der Waals surface area contributed by atoms with Crippen LogP contribution in [0.2, 0.25) is 0 Å². The van der Waals surface area contributed by atoms with E-state index < -0.39 is 0 Å². The van der Waals surface area contributed by atoms with Gasteiger partial charge in [-0.2, -0.15) is 0 Å². The van der Waals surface area contributed by atoms with Crippen molar-refractivity contribution in [1.29, 1.82) is 5.41 Å². The second kappa shape index (κ2) is 11.2. The fourth-order valence-corrected chi connectivity index (χ4v) is 1.46. The fourth-order valence-electron chi connectivity index (χ4n) is 1.46. The van der Waals surface area contributed by atoms with E-state index in [1.807, 2.05) is 40.7 Å². The maximum absolute atomic E-state index is 7.67. The van der Waals surface area contributed by atoms with Crippen LogP contribution in [-0.4, -0.2) is 5.71 Å². The molecular weight excluding hydrogens is 182 g/mol. The van der Waals surface area contributed by atoms with Gasteiger partial charge >= 0.3 is 0 Å². The van der Waals surface area contributed by atoms with Gasteiger partial charge in [-0.3, -0.25) is 0 Å². The Balaban J connectivity index is 0. The maximum atomic E-state index is 7.67. The van der Waals surface area contributed by atoms with Gasteiger partial charge in [0.2, 0.25) is 0 Å². The van der Waals surface area contributed by atoms with Gasteiger partial charge in [0.05, 0.1) is 0 Å². The highest BCUT2D eigenvalue weighted by Crippen LogP contribution is 2.23. The zero-order valence-electron chi connectivity index (χ0n) is 11.1. The highest BCUT2D eigenvalue weighted by Gasteiger charge is 2.12. The van der Waals surface area contributed by atoms with Gasteiger partial charge < -0.3 is 5.41 Å².